The lowest BCUT2D eigenvalue weighted by Crippen LogP contribution is -2.47. The first-order valence-electron chi connectivity index (χ1n) is 14.9. The van der Waals surface area contributed by atoms with Gasteiger partial charge in [0.05, 0.1) is 11.4 Å². The smallest absolute Gasteiger partial charge is 0.407 e. The maximum absolute atomic E-state index is 13.1. The number of ether oxygens (including phenoxy) is 1. The van der Waals surface area contributed by atoms with Gasteiger partial charge in [-0.3, -0.25) is 9.59 Å². The first kappa shape index (κ1) is 31.5. The number of carbonyl (C=O) groups excluding carboxylic acids is 3. The molecule has 1 saturated heterocycles. The molecule has 3 amide bonds. The number of nitrogens with zero attached hydrogens (tertiary/aromatic N) is 2. The molecular weight excluding hydrogens is 546 g/mol. The van der Waals surface area contributed by atoms with Gasteiger partial charge in [-0.05, 0) is 76.1 Å². The Morgan fingerprint density at radius 3 is 2.19 bits per heavy atom. The molecule has 3 N–H and O–H groups in total. The van der Waals surface area contributed by atoms with Gasteiger partial charge < -0.3 is 34.9 Å². The SMILES string of the molecule is CCc1ccc(C(=O)Nc2cc(C(=O)NCCCNC(=O)OC(C)(C)C)ccc2N2CCN(c3ccccc3C)CC2)o1. The van der Waals surface area contributed by atoms with Crippen LogP contribution in [-0.4, -0.2) is 62.8 Å². The van der Waals surface area contributed by atoms with Gasteiger partial charge in [0.25, 0.3) is 11.8 Å². The zero-order chi connectivity index (χ0) is 31.0. The van der Waals surface area contributed by atoms with Gasteiger partial charge in [-0.15, -0.1) is 0 Å². The lowest BCUT2D eigenvalue weighted by atomic mass is 10.1. The van der Waals surface area contributed by atoms with Crippen LogP contribution in [0.2, 0.25) is 0 Å². The standard InChI is InChI=1S/C33H43N5O5/c1-6-25-13-15-29(42-25)31(40)36-26-22-24(30(39)34-16-9-17-35-32(41)43-33(3,4)5)12-14-28(26)38-20-18-37(19-21-38)27-11-8-7-10-23(27)2/h7-8,10-15,22H,6,9,16-21H2,1-5H3,(H,34,39)(H,35,41)(H,36,40). The number of hydrogen-bond acceptors (Lipinski definition) is 7. The van der Waals surface area contributed by atoms with Gasteiger partial charge in [0.1, 0.15) is 11.4 Å². The number of aryl methyl sites for hydroxylation is 2. The average molecular weight is 590 g/mol. The van der Waals surface area contributed by atoms with Crippen LogP contribution in [0, 0.1) is 6.92 Å². The second-order valence-corrected chi connectivity index (χ2v) is 11.6. The highest BCUT2D eigenvalue weighted by Crippen LogP contribution is 2.30. The van der Waals surface area contributed by atoms with E-state index in [1.54, 1.807) is 45.0 Å². The minimum atomic E-state index is -0.568. The first-order chi connectivity index (χ1) is 20.5. The van der Waals surface area contributed by atoms with Gasteiger partial charge in [0.2, 0.25) is 0 Å². The van der Waals surface area contributed by atoms with Crippen LogP contribution in [0.5, 0.6) is 0 Å². The minimum absolute atomic E-state index is 0.222. The van der Waals surface area contributed by atoms with Crippen molar-refractivity contribution in [1.82, 2.24) is 10.6 Å². The predicted octanol–water partition coefficient (Wildman–Crippen LogP) is 5.37. The third-order valence-corrected chi connectivity index (χ3v) is 7.12. The molecule has 1 aliphatic heterocycles. The average Bonchev–Trinajstić information content (AvgIpc) is 3.46. The number of hydrogen-bond donors (Lipinski definition) is 3. The van der Waals surface area contributed by atoms with Crippen molar-refractivity contribution in [1.29, 1.82) is 0 Å². The van der Waals surface area contributed by atoms with Crippen LogP contribution in [0.4, 0.5) is 21.9 Å². The Morgan fingerprint density at radius 2 is 1.53 bits per heavy atom. The van der Waals surface area contributed by atoms with E-state index in [0.717, 1.165) is 37.6 Å². The summed E-state index contributed by atoms with van der Waals surface area (Å²) in [6.07, 6.45) is 0.736. The highest BCUT2D eigenvalue weighted by atomic mass is 16.6. The highest BCUT2D eigenvalue weighted by molar-refractivity contribution is 6.05. The van der Waals surface area contributed by atoms with E-state index in [9.17, 15) is 14.4 Å². The molecule has 3 aromatic rings. The van der Waals surface area contributed by atoms with Crippen LogP contribution in [0.1, 0.15) is 66.4 Å². The topological polar surface area (TPSA) is 116 Å². The molecule has 0 aliphatic carbocycles. The van der Waals surface area contributed by atoms with Crippen molar-refractivity contribution < 1.29 is 23.5 Å². The van der Waals surface area contributed by atoms with Crippen molar-refractivity contribution >= 4 is 35.0 Å². The maximum atomic E-state index is 13.1. The summed E-state index contributed by atoms with van der Waals surface area (Å²) < 4.78 is 10.9. The lowest BCUT2D eigenvalue weighted by Gasteiger charge is -2.38. The van der Waals surface area contributed by atoms with Gasteiger partial charge >= 0.3 is 6.09 Å². The number of anilines is 3. The van der Waals surface area contributed by atoms with Crippen LogP contribution in [0.25, 0.3) is 0 Å². The molecule has 1 fully saturated rings. The fraction of sp³-hybridized carbons (Fsp3) is 0.424. The summed E-state index contributed by atoms with van der Waals surface area (Å²) in [5.41, 5.74) is 3.72. The summed E-state index contributed by atoms with van der Waals surface area (Å²) in [6, 6.07) is 17.2. The molecular formula is C33H43N5O5. The van der Waals surface area contributed by atoms with E-state index >= 15 is 0 Å². The Labute approximate surface area is 253 Å². The van der Waals surface area contributed by atoms with Crippen LogP contribution >= 0.6 is 0 Å². The molecule has 2 aromatic carbocycles. The molecule has 2 heterocycles. The number of alkyl carbamates (subject to hydrolysis) is 1. The lowest BCUT2D eigenvalue weighted by molar-refractivity contribution is 0.0527. The number of furan rings is 1. The normalized spacial score (nSPS) is 13.4. The van der Waals surface area contributed by atoms with Crippen molar-refractivity contribution in [3.63, 3.8) is 0 Å². The van der Waals surface area contributed by atoms with Crippen molar-refractivity contribution in [2.45, 2.75) is 53.1 Å². The van der Waals surface area contributed by atoms with E-state index in [1.165, 1.54) is 11.3 Å². The Balaban J connectivity index is 1.43. The van der Waals surface area contributed by atoms with Crippen LogP contribution in [0.3, 0.4) is 0 Å². The van der Waals surface area contributed by atoms with Gasteiger partial charge in [-0.25, -0.2) is 4.79 Å². The van der Waals surface area contributed by atoms with E-state index in [1.807, 2.05) is 19.1 Å². The molecule has 0 atom stereocenters. The Hall–Kier alpha value is -4.47. The van der Waals surface area contributed by atoms with Crippen molar-refractivity contribution in [3.8, 4) is 0 Å². The first-order valence-corrected chi connectivity index (χ1v) is 14.9. The zero-order valence-electron chi connectivity index (χ0n) is 25.8. The van der Waals surface area contributed by atoms with Gasteiger partial charge in [-0.2, -0.15) is 0 Å². The Bertz CT molecular complexity index is 1420. The van der Waals surface area contributed by atoms with E-state index in [4.69, 9.17) is 9.15 Å². The quantitative estimate of drug-likeness (QED) is 0.272. The molecule has 43 heavy (non-hydrogen) atoms. The summed E-state index contributed by atoms with van der Waals surface area (Å²) in [7, 11) is 0. The third-order valence-electron chi connectivity index (χ3n) is 7.12. The number of piperazine rings is 1. The molecule has 10 heteroatoms. The van der Waals surface area contributed by atoms with E-state index in [0.29, 0.717) is 37.2 Å². The summed E-state index contributed by atoms with van der Waals surface area (Å²) >= 11 is 0. The molecule has 0 unspecified atom stereocenters. The number of benzene rings is 2. The van der Waals surface area contributed by atoms with Gasteiger partial charge in [0.15, 0.2) is 5.76 Å². The molecule has 4 rings (SSSR count). The zero-order valence-corrected chi connectivity index (χ0v) is 25.8. The molecule has 1 aliphatic rings. The number of carbonyl (C=O) groups is 3. The fourth-order valence-corrected chi connectivity index (χ4v) is 4.93. The molecule has 0 saturated carbocycles. The minimum Gasteiger partial charge on any atom is -0.456 e. The molecule has 10 nitrogen and oxygen atoms in total. The largest absolute Gasteiger partial charge is 0.456 e. The predicted molar refractivity (Wildman–Crippen MR) is 169 cm³/mol. The number of amides is 3. The van der Waals surface area contributed by atoms with E-state index in [-0.39, 0.29) is 17.6 Å². The molecule has 230 valence electrons. The van der Waals surface area contributed by atoms with Crippen LogP contribution < -0.4 is 25.8 Å². The number of rotatable bonds is 10. The second-order valence-electron chi connectivity index (χ2n) is 11.6. The summed E-state index contributed by atoms with van der Waals surface area (Å²) in [5, 5.41) is 8.56. The monoisotopic (exact) mass is 589 g/mol. The van der Waals surface area contributed by atoms with Crippen molar-refractivity contribution in [2.75, 3.05) is 54.4 Å². The molecule has 0 radical (unpaired) electrons. The summed E-state index contributed by atoms with van der Waals surface area (Å²) in [4.78, 5) is 42.6. The number of para-hydroxylation sites is 1. The second kappa shape index (κ2) is 14.1. The van der Waals surface area contributed by atoms with Crippen LogP contribution in [0.15, 0.2) is 59.0 Å². The molecule has 1 aromatic heterocycles. The molecule has 0 bridgehead atoms. The van der Waals surface area contributed by atoms with Crippen LogP contribution in [-0.2, 0) is 11.2 Å². The summed E-state index contributed by atoms with van der Waals surface area (Å²) in [6.45, 7) is 13.4. The molecule has 0 spiro atoms. The highest BCUT2D eigenvalue weighted by Gasteiger charge is 2.23. The number of nitrogens with one attached hydrogen (secondary N) is 3. The van der Waals surface area contributed by atoms with Gasteiger partial charge in [-0.1, -0.05) is 25.1 Å². The van der Waals surface area contributed by atoms with Gasteiger partial charge in [0, 0.05) is 56.9 Å². The summed E-state index contributed by atoms with van der Waals surface area (Å²) in [5.74, 6) is 0.312. The van der Waals surface area contributed by atoms with E-state index in [2.05, 4.69) is 50.9 Å². The van der Waals surface area contributed by atoms with Crippen molar-refractivity contribution in [2.24, 2.45) is 0 Å². The third kappa shape index (κ3) is 8.76. The van der Waals surface area contributed by atoms with Crippen molar-refractivity contribution in [3.05, 3.63) is 77.2 Å². The Morgan fingerprint density at radius 1 is 0.860 bits per heavy atom. The Kier molecular flexibility index (Phi) is 10.3. The maximum Gasteiger partial charge on any atom is 0.407 e. The van der Waals surface area contributed by atoms with E-state index < -0.39 is 11.7 Å². The fourth-order valence-electron chi connectivity index (χ4n) is 4.93.